The fourth-order valence-corrected chi connectivity index (χ4v) is 4.00. The highest BCUT2D eigenvalue weighted by atomic mass is 32.2. The molecule has 0 bridgehead atoms. The fraction of sp³-hybridized carbons (Fsp3) is 0.333. The molecule has 3 rings (SSSR count). The van der Waals surface area contributed by atoms with Crippen molar-refractivity contribution in [2.75, 3.05) is 51.0 Å². The number of alkyl halides is 3. The van der Waals surface area contributed by atoms with Crippen molar-refractivity contribution in [2.45, 2.75) is 16.9 Å². The molecule has 198 valence electrons. The SMILES string of the molecule is C=C1C(=O)N(c2ccc(SC(F)(F)F)cc2)C(=O)N1Cc1ccnc(NC(=O)CN(C)CCN(C)C)c1. The first-order valence-corrected chi connectivity index (χ1v) is 11.9. The lowest BCUT2D eigenvalue weighted by Crippen LogP contribution is -2.35. The smallest absolute Gasteiger partial charge is 0.310 e. The molecule has 1 aliphatic heterocycles. The number of urea groups is 1. The molecule has 1 aromatic carbocycles. The second kappa shape index (κ2) is 11.8. The summed E-state index contributed by atoms with van der Waals surface area (Å²) in [4.78, 5) is 48.1. The Balaban J connectivity index is 1.66. The largest absolute Gasteiger partial charge is 0.446 e. The third-order valence-electron chi connectivity index (χ3n) is 5.30. The van der Waals surface area contributed by atoms with E-state index in [0.29, 0.717) is 17.9 Å². The Hall–Kier alpha value is -3.42. The van der Waals surface area contributed by atoms with Crippen molar-refractivity contribution in [1.82, 2.24) is 19.7 Å². The van der Waals surface area contributed by atoms with Crippen LogP contribution in [-0.4, -0.2) is 83.8 Å². The summed E-state index contributed by atoms with van der Waals surface area (Å²) in [5.41, 5.74) is -3.81. The number of aromatic nitrogens is 1. The molecule has 2 heterocycles. The van der Waals surface area contributed by atoms with Crippen molar-refractivity contribution in [2.24, 2.45) is 0 Å². The molecule has 1 N–H and O–H groups in total. The maximum Gasteiger partial charge on any atom is 0.446 e. The number of pyridine rings is 1. The normalized spacial score (nSPS) is 14.3. The molecule has 2 aromatic rings. The monoisotopic (exact) mass is 536 g/mol. The molecule has 0 aliphatic carbocycles. The van der Waals surface area contributed by atoms with Crippen molar-refractivity contribution in [1.29, 1.82) is 0 Å². The maximum absolute atomic E-state index is 13.0. The van der Waals surface area contributed by atoms with E-state index in [2.05, 4.69) is 16.9 Å². The van der Waals surface area contributed by atoms with Crippen LogP contribution in [-0.2, 0) is 16.1 Å². The maximum atomic E-state index is 13.0. The van der Waals surface area contributed by atoms with Crippen molar-refractivity contribution in [3.05, 3.63) is 60.4 Å². The Morgan fingerprint density at radius 3 is 2.41 bits per heavy atom. The van der Waals surface area contributed by atoms with Crippen LogP contribution >= 0.6 is 11.8 Å². The molecular formula is C24H27F3N6O3S. The minimum atomic E-state index is -4.45. The molecule has 0 saturated carbocycles. The van der Waals surface area contributed by atoms with Crippen LogP contribution in [0.15, 0.2) is 59.8 Å². The summed E-state index contributed by atoms with van der Waals surface area (Å²) in [5.74, 6) is -0.632. The van der Waals surface area contributed by atoms with Gasteiger partial charge in [0.2, 0.25) is 5.91 Å². The van der Waals surface area contributed by atoms with Gasteiger partial charge in [-0.15, -0.1) is 0 Å². The van der Waals surface area contributed by atoms with Crippen LogP contribution in [0.5, 0.6) is 0 Å². The van der Waals surface area contributed by atoms with E-state index in [1.54, 1.807) is 12.1 Å². The molecule has 1 aliphatic rings. The summed E-state index contributed by atoms with van der Waals surface area (Å²) in [6, 6.07) is 7.47. The topological polar surface area (TPSA) is 89.1 Å². The quantitative estimate of drug-likeness (QED) is 0.282. The third-order valence-corrected chi connectivity index (χ3v) is 6.04. The number of nitrogens with zero attached hydrogens (tertiary/aromatic N) is 5. The predicted molar refractivity (Wildman–Crippen MR) is 135 cm³/mol. The number of nitrogens with one attached hydrogen (secondary N) is 1. The molecular weight excluding hydrogens is 509 g/mol. The van der Waals surface area contributed by atoms with Gasteiger partial charge >= 0.3 is 11.5 Å². The third kappa shape index (κ3) is 7.78. The van der Waals surface area contributed by atoms with Crippen LogP contribution in [0.1, 0.15) is 5.56 Å². The number of hydrogen-bond donors (Lipinski definition) is 1. The molecule has 0 unspecified atom stereocenters. The number of carbonyl (C=O) groups excluding carboxylic acids is 3. The highest BCUT2D eigenvalue weighted by Gasteiger charge is 2.41. The number of benzene rings is 1. The van der Waals surface area contributed by atoms with Gasteiger partial charge in [-0.2, -0.15) is 13.2 Å². The number of anilines is 2. The van der Waals surface area contributed by atoms with E-state index < -0.39 is 17.4 Å². The first-order valence-electron chi connectivity index (χ1n) is 11.1. The Bertz CT molecular complexity index is 1170. The molecule has 9 nitrogen and oxygen atoms in total. The van der Waals surface area contributed by atoms with E-state index in [0.717, 1.165) is 16.3 Å². The summed E-state index contributed by atoms with van der Waals surface area (Å²) < 4.78 is 37.7. The lowest BCUT2D eigenvalue weighted by Gasteiger charge is -2.19. The molecule has 1 aromatic heterocycles. The van der Waals surface area contributed by atoms with E-state index in [-0.39, 0.29) is 47.0 Å². The van der Waals surface area contributed by atoms with Crippen LogP contribution in [0, 0.1) is 0 Å². The van der Waals surface area contributed by atoms with E-state index in [1.807, 2.05) is 30.9 Å². The van der Waals surface area contributed by atoms with Gasteiger partial charge in [0, 0.05) is 24.2 Å². The van der Waals surface area contributed by atoms with E-state index in [9.17, 15) is 27.6 Å². The fourth-order valence-electron chi connectivity index (χ4n) is 3.46. The second-order valence-corrected chi connectivity index (χ2v) is 9.77. The molecule has 4 amide bonds. The lowest BCUT2D eigenvalue weighted by molar-refractivity contribution is -0.117. The van der Waals surface area contributed by atoms with Gasteiger partial charge in [-0.25, -0.2) is 14.7 Å². The Labute approximate surface area is 216 Å². The average Bonchev–Trinajstić information content (AvgIpc) is 3.00. The number of carbonyl (C=O) groups is 3. The zero-order valence-electron chi connectivity index (χ0n) is 20.6. The Morgan fingerprint density at radius 2 is 1.78 bits per heavy atom. The van der Waals surface area contributed by atoms with Gasteiger partial charge in [-0.1, -0.05) is 6.58 Å². The van der Waals surface area contributed by atoms with Crippen molar-refractivity contribution < 1.29 is 27.6 Å². The van der Waals surface area contributed by atoms with E-state index in [4.69, 9.17) is 0 Å². The van der Waals surface area contributed by atoms with Crippen LogP contribution in [0.2, 0.25) is 0 Å². The molecule has 37 heavy (non-hydrogen) atoms. The van der Waals surface area contributed by atoms with Crippen molar-refractivity contribution in [3.63, 3.8) is 0 Å². The van der Waals surface area contributed by atoms with Gasteiger partial charge in [-0.3, -0.25) is 19.4 Å². The summed E-state index contributed by atoms with van der Waals surface area (Å²) in [7, 11) is 5.73. The van der Waals surface area contributed by atoms with Gasteiger partial charge in [-0.05, 0) is 74.9 Å². The number of rotatable bonds is 10. The summed E-state index contributed by atoms with van der Waals surface area (Å²) in [6.07, 6.45) is 1.47. The molecule has 0 spiro atoms. The van der Waals surface area contributed by atoms with E-state index >= 15 is 0 Å². The summed E-state index contributed by atoms with van der Waals surface area (Å²) >= 11 is -0.288. The number of imide groups is 1. The van der Waals surface area contributed by atoms with Crippen LogP contribution in [0.4, 0.5) is 29.5 Å². The average molecular weight is 537 g/mol. The number of likely N-dealkylation sites (N-methyl/N-ethyl adjacent to an activating group) is 2. The second-order valence-electron chi connectivity index (χ2n) is 8.64. The minimum Gasteiger partial charge on any atom is -0.310 e. The number of thioether (sulfide) groups is 1. The first kappa shape index (κ1) is 28.2. The summed E-state index contributed by atoms with van der Waals surface area (Å²) in [5, 5.41) is 2.72. The van der Waals surface area contributed by atoms with Gasteiger partial charge in [0.1, 0.15) is 11.5 Å². The number of halogens is 3. The van der Waals surface area contributed by atoms with Gasteiger partial charge < -0.3 is 10.2 Å². The zero-order valence-corrected chi connectivity index (χ0v) is 21.4. The highest BCUT2D eigenvalue weighted by molar-refractivity contribution is 8.00. The van der Waals surface area contributed by atoms with E-state index in [1.165, 1.54) is 30.5 Å². The Morgan fingerprint density at radius 1 is 1.11 bits per heavy atom. The Kier molecular flexibility index (Phi) is 8.94. The number of amides is 4. The zero-order chi connectivity index (χ0) is 27.3. The van der Waals surface area contributed by atoms with Crippen LogP contribution in [0.3, 0.4) is 0 Å². The predicted octanol–water partition coefficient (Wildman–Crippen LogP) is 3.61. The highest BCUT2D eigenvalue weighted by Crippen LogP contribution is 2.38. The van der Waals surface area contributed by atoms with Gasteiger partial charge in [0.25, 0.3) is 5.91 Å². The van der Waals surface area contributed by atoms with Gasteiger partial charge in [0.05, 0.1) is 18.8 Å². The first-order chi connectivity index (χ1) is 17.3. The molecule has 1 saturated heterocycles. The van der Waals surface area contributed by atoms with Gasteiger partial charge in [0.15, 0.2) is 0 Å². The van der Waals surface area contributed by atoms with Crippen molar-refractivity contribution in [3.8, 4) is 0 Å². The summed E-state index contributed by atoms with van der Waals surface area (Å²) in [6.45, 7) is 5.37. The molecule has 0 radical (unpaired) electrons. The van der Waals surface area contributed by atoms with Crippen LogP contribution < -0.4 is 10.2 Å². The lowest BCUT2D eigenvalue weighted by atomic mass is 10.2. The molecule has 13 heteroatoms. The standard InChI is InChI=1S/C24H27F3N6O3S/c1-16-22(35)33(18-5-7-19(8-6-18)37-24(25,26)27)23(36)32(16)14-17-9-10-28-20(13-17)29-21(34)15-31(4)12-11-30(2)3/h5-10,13H,1,11-12,14-15H2,2-4H3,(H,28,29,34). The van der Waals surface area contributed by atoms with Crippen LogP contribution in [0.25, 0.3) is 0 Å². The minimum absolute atomic E-state index is 0.0178. The van der Waals surface area contributed by atoms with Crippen molar-refractivity contribution >= 4 is 41.1 Å². The number of hydrogen-bond acceptors (Lipinski definition) is 7. The molecule has 0 atom stereocenters. The molecule has 1 fully saturated rings.